The largest absolute Gasteiger partial charge is 0.507 e. The molecule has 0 saturated heterocycles. The molecule has 0 radical (unpaired) electrons. The maximum atomic E-state index is 10.1. The number of nitrogen functional groups attached to an aromatic ring is 1. The van der Waals surface area contributed by atoms with Crippen molar-refractivity contribution in [1.82, 2.24) is 9.97 Å². The molecule has 33 heavy (non-hydrogen) atoms. The van der Waals surface area contributed by atoms with Crippen molar-refractivity contribution in [2.75, 3.05) is 5.73 Å². The topological polar surface area (TPSA) is 84.4 Å². The van der Waals surface area contributed by atoms with Crippen molar-refractivity contribution in [3.63, 3.8) is 0 Å². The number of phenolic OH excluding ortho intramolecular Hbond substituents is 1. The first-order chi connectivity index (χ1) is 16.1. The quantitative estimate of drug-likeness (QED) is 0.213. The second-order valence-electron chi connectivity index (χ2n) is 7.48. The van der Waals surface area contributed by atoms with Gasteiger partial charge in [-0.2, -0.15) is 0 Å². The van der Waals surface area contributed by atoms with E-state index in [1.165, 1.54) is 0 Å². The van der Waals surface area contributed by atoms with Gasteiger partial charge in [0.15, 0.2) is 0 Å². The number of phenols is 1. The second-order valence-corrected chi connectivity index (χ2v) is 8.40. The molecule has 0 atom stereocenters. The lowest BCUT2D eigenvalue weighted by atomic mass is 10.0. The molecule has 0 saturated carbocycles. The standard InChI is InChI=1S/C27H19BrN4O/c28-20-11-14-23(33)19(15-20)16-30-21-12-13-22-27(24(21)29)32-26(18-9-5-2-6-10-18)25(31-22)17-7-3-1-4-8-17/h1-16,33H,29H2. The number of nitrogens with zero attached hydrogens (tertiary/aromatic N) is 3. The SMILES string of the molecule is Nc1c(N=Cc2cc(Br)ccc2O)ccc2nc(-c3ccccc3)c(-c3ccccc3)nc12. The van der Waals surface area contributed by atoms with Gasteiger partial charge in [0.25, 0.3) is 0 Å². The number of hydrogen-bond donors (Lipinski definition) is 2. The maximum Gasteiger partial charge on any atom is 0.124 e. The molecule has 0 spiro atoms. The Kier molecular flexibility index (Phi) is 5.59. The Morgan fingerprint density at radius 3 is 2.09 bits per heavy atom. The van der Waals surface area contributed by atoms with Gasteiger partial charge in [-0.15, -0.1) is 0 Å². The Bertz CT molecular complexity index is 1490. The molecule has 6 heteroatoms. The molecule has 0 bridgehead atoms. The van der Waals surface area contributed by atoms with Crippen LogP contribution in [0.15, 0.2) is 100 Å². The molecule has 1 aromatic heterocycles. The van der Waals surface area contributed by atoms with Gasteiger partial charge in [-0.1, -0.05) is 76.6 Å². The van der Waals surface area contributed by atoms with E-state index in [1.807, 2.05) is 72.8 Å². The molecule has 5 rings (SSSR count). The molecule has 5 nitrogen and oxygen atoms in total. The second kappa shape index (κ2) is 8.84. The van der Waals surface area contributed by atoms with Gasteiger partial charge in [-0.25, -0.2) is 9.97 Å². The molecule has 0 unspecified atom stereocenters. The molecule has 5 aromatic rings. The molecular weight excluding hydrogens is 476 g/mol. The zero-order chi connectivity index (χ0) is 22.8. The summed E-state index contributed by atoms with van der Waals surface area (Å²) in [6, 6.07) is 28.8. The van der Waals surface area contributed by atoms with Crippen LogP contribution in [0.1, 0.15) is 5.56 Å². The number of nitrogens with two attached hydrogens (primary N) is 1. The molecule has 0 aliphatic rings. The van der Waals surface area contributed by atoms with Crippen LogP contribution in [0.5, 0.6) is 5.75 Å². The van der Waals surface area contributed by atoms with Crippen LogP contribution in [0.4, 0.5) is 11.4 Å². The number of benzene rings is 4. The highest BCUT2D eigenvalue weighted by molar-refractivity contribution is 9.10. The summed E-state index contributed by atoms with van der Waals surface area (Å²) in [4.78, 5) is 14.4. The first-order valence-corrected chi connectivity index (χ1v) is 11.1. The van der Waals surface area contributed by atoms with Gasteiger partial charge in [-0.3, -0.25) is 4.99 Å². The van der Waals surface area contributed by atoms with Crippen LogP contribution >= 0.6 is 15.9 Å². The lowest BCUT2D eigenvalue weighted by Crippen LogP contribution is -1.98. The Labute approximate surface area is 199 Å². The van der Waals surface area contributed by atoms with E-state index in [9.17, 15) is 5.11 Å². The van der Waals surface area contributed by atoms with E-state index in [0.29, 0.717) is 28.0 Å². The lowest BCUT2D eigenvalue weighted by Gasteiger charge is -2.12. The highest BCUT2D eigenvalue weighted by atomic mass is 79.9. The normalized spacial score (nSPS) is 11.3. The Hall–Kier alpha value is -4.03. The van der Waals surface area contributed by atoms with Gasteiger partial charge in [0.2, 0.25) is 0 Å². The summed E-state index contributed by atoms with van der Waals surface area (Å²) >= 11 is 3.41. The van der Waals surface area contributed by atoms with Gasteiger partial charge < -0.3 is 10.8 Å². The maximum absolute atomic E-state index is 10.1. The van der Waals surface area contributed by atoms with Crippen molar-refractivity contribution in [2.45, 2.75) is 0 Å². The smallest absolute Gasteiger partial charge is 0.124 e. The fourth-order valence-corrected chi connectivity index (χ4v) is 3.99. The van der Waals surface area contributed by atoms with Gasteiger partial charge >= 0.3 is 0 Å². The number of anilines is 1. The molecule has 0 aliphatic carbocycles. The Morgan fingerprint density at radius 1 is 0.788 bits per heavy atom. The summed E-state index contributed by atoms with van der Waals surface area (Å²) in [6.07, 6.45) is 1.58. The predicted octanol–water partition coefficient (Wildman–Crippen LogP) is 6.76. The van der Waals surface area contributed by atoms with Crippen molar-refractivity contribution in [3.8, 4) is 28.3 Å². The summed E-state index contributed by atoms with van der Waals surface area (Å²) in [6.45, 7) is 0. The molecule has 0 amide bonds. The number of hydrogen-bond acceptors (Lipinski definition) is 5. The number of aliphatic imine (C=N–C) groups is 1. The summed E-state index contributed by atoms with van der Waals surface area (Å²) < 4.78 is 0.847. The average molecular weight is 495 g/mol. The van der Waals surface area contributed by atoms with Gasteiger partial charge in [-0.05, 0) is 30.3 Å². The minimum Gasteiger partial charge on any atom is -0.507 e. The van der Waals surface area contributed by atoms with Crippen LogP contribution in [-0.2, 0) is 0 Å². The third kappa shape index (κ3) is 4.21. The molecule has 3 N–H and O–H groups in total. The monoisotopic (exact) mass is 494 g/mol. The molecular formula is C27H19BrN4O. The molecule has 0 fully saturated rings. The zero-order valence-corrected chi connectivity index (χ0v) is 19.1. The van der Waals surface area contributed by atoms with Crippen LogP contribution in [-0.4, -0.2) is 21.3 Å². The van der Waals surface area contributed by atoms with Crippen molar-refractivity contribution < 1.29 is 5.11 Å². The Balaban J connectivity index is 1.67. The Morgan fingerprint density at radius 2 is 1.42 bits per heavy atom. The van der Waals surface area contributed by atoms with Gasteiger partial charge in [0.1, 0.15) is 11.3 Å². The van der Waals surface area contributed by atoms with Crippen molar-refractivity contribution in [2.24, 2.45) is 4.99 Å². The minimum absolute atomic E-state index is 0.139. The summed E-state index contributed by atoms with van der Waals surface area (Å²) in [5, 5.41) is 10.1. The highest BCUT2D eigenvalue weighted by Crippen LogP contribution is 2.35. The number of rotatable bonds is 4. The zero-order valence-electron chi connectivity index (χ0n) is 17.5. The van der Waals surface area contributed by atoms with E-state index in [-0.39, 0.29) is 5.75 Å². The number of aromatic hydroxyl groups is 1. The fraction of sp³-hybridized carbons (Fsp3) is 0. The van der Waals surface area contributed by atoms with Crippen molar-refractivity contribution in [3.05, 3.63) is 101 Å². The average Bonchev–Trinajstić information content (AvgIpc) is 2.86. The van der Waals surface area contributed by atoms with Crippen molar-refractivity contribution in [1.29, 1.82) is 0 Å². The van der Waals surface area contributed by atoms with Crippen LogP contribution in [0.2, 0.25) is 0 Å². The number of aromatic nitrogens is 2. The summed E-state index contributed by atoms with van der Waals surface area (Å²) in [7, 11) is 0. The van der Waals surface area contributed by atoms with Crippen LogP contribution in [0.25, 0.3) is 33.5 Å². The molecule has 160 valence electrons. The van der Waals surface area contributed by atoms with Crippen molar-refractivity contribution >= 4 is 44.6 Å². The van der Waals surface area contributed by atoms with E-state index >= 15 is 0 Å². The number of halogens is 1. The van der Waals surface area contributed by atoms with Gasteiger partial charge in [0.05, 0.1) is 28.3 Å². The third-order valence-electron chi connectivity index (χ3n) is 5.28. The minimum atomic E-state index is 0.139. The van der Waals surface area contributed by atoms with E-state index in [2.05, 4.69) is 20.9 Å². The summed E-state index contributed by atoms with van der Waals surface area (Å²) in [5.41, 5.74) is 12.8. The third-order valence-corrected chi connectivity index (χ3v) is 5.77. The van der Waals surface area contributed by atoms with Crippen LogP contribution < -0.4 is 5.73 Å². The summed E-state index contributed by atoms with van der Waals surface area (Å²) in [5.74, 6) is 0.139. The van der Waals surface area contributed by atoms with E-state index in [1.54, 1.807) is 24.4 Å². The van der Waals surface area contributed by atoms with E-state index in [4.69, 9.17) is 15.7 Å². The highest BCUT2D eigenvalue weighted by Gasteiger charge is 2.15. The van der Waals surface area contributed by atoms with E-state index in [0.717, 1.165) is 27.0 Å². The lowest BCUT2D eigenvalue weighted by molar-refractivity contribution is 0.474. The molecule has 1 heterocycles. The first kappa shape index (κ1) is 20.8. The van der Waals surface area contributed by atoms with Gasteiger partial charge in [0, 0.05) is 27.4 Å². The fourth-order valence-electron chi connectivity index (χ4n) is 3.61. The molecule has 4 aromatic carbocycles. The van der Waals surface area contributed by atoms with Crippen LogP contribution in [0.3, 0.4) is 0 Å². The predicted molar refractivity (Wildman–Crippen MR) is 138 cm³/mol. The molecule has 0 aliphatic heterocycles. The first-order valence-electron chi connectivity index (χ1n) is 10.3. The van der Waals surface area contributed by atoms with Crippen LogP contribution in [0, 0.1) is 0 Å². The number of fused-ring (bicyclic) bond motifs is 1. The van der Waals surface area contributed by atoms with E-state index < -0.39 is 0 Å².